The first kappa shape index (κ1) is 23.5. The Hall–Kier alpha value is -1.73. The highest BCUT2D eigenvalue weighted by Gasteiger charge is 2.38. The fraction of sp³-hybridized carbons (Fsp3) is 0.556. The monoisotopic (exact) mass is 458 g/mol. The van der Waals surface area contributed by atoms with Gasteiger partial charge in [-0.05, 0) is 18.6 Å². The van der Waals surface area contributed by atoms with Gasteiger partial charge in [-0.15, -0.1) is 36.6 Å². The van der Waals surface area contributed by atoms with Gasteiger partial charge in [0, 0.05) is 44.2 Å². The van der Waals surface area contributed by atoms with Crippen LogP contribution in [0.2, 0.25) is 0 Å². The van der Waals surface area contributed by atoms with Gasteiger partial charge in [0.2, 0.25) is 11.8 Å². The minimum Gasteiger partial charge on any atom is -0.346 e. The maximum atomic E-state index is 12.7. The van der Waals surface area contributed by atoms with Gasteiger partial charge in [0.15, 0.2) is 0 Å². The number of rotatable bonds is 3. The molecule has 0 spiro atoms. The number of thioether (sulfide) groups is 1. The van der Waals surface area contributed by atoms with E-state index in [-0.39, 0.29) is 55.3 Å². The molecule has 1 N–H and O–H groups in total. The van der Waals surface area contributed by atoms with E-state index >= 15 is 0 Å². The van der Waals surface area contributed by atoms with E-state index in [1.54, 1.807) is 23.9 Å². The van der Waals surface area contributed by atoms with E-state index in [0.29, 0.717) is 37.4 Å². The number of anilines is 1. The van der Waals surface area contributed by atoms with E-state index in [9.17, 15) is 9.59 Å². The second-order valence-corrected chi connectivity index (χ2v) is 8.09. The molecular weight excluding hydrogens is 435 g/mol. The van der Waals surface area contributed by atoms with Crippen LogP contribution < -0.4 is 10.2 Å². The number of hydrogen-bond donors (Lipinski definition) is 1. The number of nitriles is 1. The van der Waals surface area contributed by atoms with Crippen LogP contribution in [0.25, 0.3) is 0 Å². The third-order valence-corrected chi connectivity index (χ3v) is 6.33. The van der Waals surface area contributed by atoms with Crippen molar-refractivity contribution in [2.24, 2.45) is 0 Å². The molecule has 3 aliphatic rings. The van der Waals surface area contributed by atoms with Gasteiger partial charge in [0.1, 0.15) is 11.9 Å². The third-order valence-electron chi connectivity index (χ3n) is 5.37. The molecule has 3 aliphatic heterocycles. The maximum Gasteiger partial charge on any atom is 0.242 e. The zero-order valence-corrected chi connectivity index (χ0v) is 18.3. The van der Waals surface area contributed by atoms with Crippen LogP contribution in [0.5, 0.6) is 0 Å². The number of nitrogens with one attached hydrogen (secondary N) is 1. The van der Waals surface area contributed by atoms with E-state index in [1.165, 1.54) is 6.20 Å². The van der Waals surface area contributed by atoms with Crippen LogP contribution in [0.3, 0.4) is 0 Å². The molecule has 11 heteroatoms. The molecule has 29 heavy (non-hydrogen) atoms. The Morgan fingerprint density at radius 1 is 1.28 bits per heavy atom. The fourth-order valence-corrected chi connectivity index (χ4v) is 4.81. The molecule has 158 valence electrons. The minimum atomic E-state index is -0.181. The zero-order chi connectivity index (χ0) is 18.8. The molecule has 0 aliphatic carbocycles. The summed E-state index contributed by atoms with van der Waals surface area (Å²) in [6.07, 6.45) is 2.21. The predicted octanol–water partition coefficient (Wildman–Crippen LogP) is 0.709. The van der Waals surface area contributed by atoms with Gasteiger partial charge in [-0.3, -0.25) is 9.59 Å². The maximum absolute atomic E-state index is 12.7. The predicted molar refractivity (Wildman–Crippen MR) is 117 cm³/mol. The molecule has 0 aromatic carbocycles. The first-order chi connectivity index (χ1) is 13.2. The lowest BCUT2D eigenvalue weighted by atomic mass is 10.1. The summed E-state index contributed by atoms with van der Waals surface area (Å²) in [4.78, 5) is 35.3. The Morgan fingerprint density at radius 3 is 2.72 bits per heavy atom. The van der Waals surface area contributed by atoms with Gasteiger partial charge in [-0.1, -0.05) is 0 Å². The van der Waals surface area contributed by atoms with Gasteiger partial charge in [0.25, 0.3) is 0 Å². The van der Waals surface area contributed by atoms with Crippen LogP contribution in [0, 0.1) is 11.3 Å². The molecular formula is C18H24Cl2N6O2S. The SMILES string of the molecule is Cl.Cl.N#Cc1ccc(N2CCN([C@@H]3CN[C@H](C(=O)N4CCSC4)C3)C(=O)C2)nc1. The van der Waals surface area contributed by atoms with Crippen molar-refractivity contribution in [3.8, 4) is 6.07 Å². The summed E-state index contributed by atoms with van der Waals surface area (Å²) in [6, 6.07) is 5.43. The molecule has 8 nitrogen and oxygen atoms in total. The van der Waals surface area contributed by atoms with Crippen LogP contribution >= 0.6 is 36.6 Å². The largest absolute Gasteiger partial charge is 0.346 e. The van der Waals surface area contributed by atoms with Crippen LogP contribution in [-0.2, 0) is 9.59 Å². The highest BCUT2D eigenvalue weighted by molar-refractivity contribution is 7.99. The second-order valence-electron chi connectivity index (χ2n) is 7.01. The minimum absolute atomic E-state index is 0. The quantitative estimate of drug-likeness (QED) is 0.712. The van der Waals surface area contributed by atoms with Gasteiger partial charge >= 0.3 is 0 Å². The van der Waals surface area contributed by atoms with E-state index in [2.05, 4.69) is 10.3 Å². The lowest BCUT2D eigenvalue weighted by Gasteiger charge is -2.38. The van der Waals surface area contributed by atoms with Gasteiger partial charge in [-0.2, -0.15) is 5.26 Å². The first-order valence-electron chi connectivity index (χ1n) is 9.16. The number of hydrogen-bond acceptors (Lipinski definition) is 7. The number of carbonyl (C=O) groups excluding carboxylic acids is 2. The highest BCUT2D eigenvalue weighted by atomic mass is 35.5. The lowest BCUT2D eigenvalue weighted by Crippen LogP contribution is -2.54. The molecule has 4 heterocycles. The van der Waals surface area contributed by atoms with E-state index < -0.39 is 0 Å². The van der Waals surface area contributed by atoms with Gasteiger partial charge in [0.05, 0.1) is 24.0 Å². The molecule has 2 atom stereocenters. The average molecular weight is 459 g/mol. The summed E-state index contributed by atoms with van der Waals surface area (Å²) < 4.78 is 0. The smallest absolute Gasteiger partial charge is 0.242 e. The van der Waals surface area contributed by atoms with Crippen molar-refractivity contribution in [3.05, 3.63) is 23.9 Å². The van der Waals surface area contributed by atoms with E-state index in [0.717, 1.165) is 18.2 Å². The average Bonchev–Trinajstić information content (AvgIpc) is 3.40. The van der Waals surface area contributed by atoms with Crippen molar-refractivity contribution < 1.29 is 9.59 Å². The summed E-state index contributed by atoms with van der Waals surface area (Å²) in [6.45, 7) is 3.08. The molecule has 1 aromatic rings. The van der Waals surface area contributed by atoms with Crippen molar-refractivity contribution >= 4 is 54.2 Å². The molecule has 4 rings (SSSR count). The molecule has 0 unspecified atom stereocenters. The zero-order valence-electron chi connectivity index (χ0n) is 15.8. The number of pyridine rings is 1. The number of amides is 2. The molecule has 0 bridgehead atoms. The second kappa shape index (κ2) is 10.3. The fourth-order valence-electron chi connectivity index (χ4n) is 3.86. The third kappa shape index (κ3) is 5.07. The normalized spacial score (nSPS) is 24.0. The van der Waals surface area contributed by atoms with Gasteiger partial charge < -0.3 is 20.0 Å². The highest BCUT2D eigenvalue weighted by Crippen LogP contribution is 2.22. The van der Waals surface area contributed by atoms with Crippen LogP contribution in [0.1, 0.15) is 12.0 Å². The van der Waals surface area contributed by atoms with Crippen LogP contribution in [0.4, 0.5) is 5.82 Å². The summed E-state index contributed by atoms with van der Waals surface area (Å²) in [5.41, 5.74) is 0.507. The molecule has 0 radical (unpaired) electrons. The summed E-state index contributed by atoms with van der Waals surface area (Å²) in [5.74, 6) is 2.72. The molecule has 1 aromatic heterocycles. The first-order valence-corrected chi connectivity index (χ1v) is 10.3. The Labute approximate surface area is 186 Å². The Morgan fingerprint density at radius 2 is 2.10 bits per heavy atom. The molecule has 3 saturated heterocycles. The van der Waals surface area contributed by atoms with Crippen molar-refractivity contribution in [2.45, 2.75) is 18.5 Å². The number of piperazine rings is 1. The Bertz CT molecular complexity index is 769. The number of aromatic nitrogens is 1. The lowest BCUT2D eigenvalue weighted by molar-refractivity contribution is -0.134. The van der Waals surface area contributed by atoms with Crippen LogP contribution in [0.15, 0.2) is 18.3 Å². The number of nitrogens with zero attached hydrogens (tertiary/aromatic N) is 5. The van der Waals surface area contributed by atoms with E-state index in [4.69, 9.17) is 5.26 Å². The Balaban J connectivity index is 0.00000150. The number of halogens is 2. The Kier molecular flexibility index (Phi) is 8.40. The van der Waals surface area contributed by atoms with Crippen molar-refractivity contribution in [1.82, 2.24) is 20.1 Å². The van der Waals surface area contributed by atoms with Crippen molar-refractivity contribution in [2.75, 3.05) is 49.3 Å². The van der Waals surface area contributed by atoms with Crippen molar-refractivity contribution in [3.63, 3.8) is 0 Å². The summed E-state index contributed by atoms with van der Waals surface area (Å²) >= 11 is 1.78. The number of carbonyl (C=O) groups is 2. The summed E-state index contributed by atoms with van der Waals surface area (Å²) in [7, 11) is 0. The molecule has 3 fully saturated rings. The topological polar surface area (TPSA) is 92.6 Å². The standard InChI is InChI=1S/C18H22N6O2S.2ClH/c19-8-13-1-2-16(21-9-13)22-3-4-24(17(25)11-22)14-7-15(20-10-14)18(26)23-5-6-27-12-23;;/h1-2,9,14-15,20H,3-7,10-12H2;2*1H/t14-,15-;;/m0../s1. The molecule has 0 saturated carbocycles. The van der Waals surface area contributed by atoms with E-state index in [1.807, 2.05) is 20.8 Å². The van der Waals surface area contributed by atoms with Gasteiger partial charge in [-0.25, -0.2) is 4.98 Å². The van der Waals surface area contributed by atoms with Crippen molar-refractivity contribution in [1.29, 1.82) is 5.26 Å². The summed E-state index contributed by atoms with van der Waals surface area (Å²) in [5, 5.41) is 12.2. The molecule has 2 amide bonds. The van der Waals surface area contributed by atoms with Crippen LogP contribution in [-0.4, -0.2) is 83.0 Å².